The second kappa shape index (κ2) is 10.8. The summed E-state index contributed by atoms with van der Waals surface area (Å²) in [5.41, 5.74) is 6.20. The summed E-state index contributed by atoms with van der Waals surface area (Å²) < 4.78 is 22.5. The molecule has 4 rings (SSSR count). The van der Waals surface area contributed by atoms with Crippen molar-refractivity contribution in [2.75, 3.05) is 6.61 Å². The minimum atomic E-state index is -0.856. The molecule has 1 N–H and O–H groups in total. The first-order valence-electron chi connectivity index (χ1n) is 12.2. The van der Waals surface area contributed by atoms with E-state index in [-0.39, 0.29) is 24.6 Å². The van der Waals surface area contributed by atoms with Gasteiger partial charge in [0.25, 0.3) is 0 Å². The van der Waals surface area contributed by atoms with E-state index in [2.05, 4.69) is 10.3 Å². The Labute approximate surface area is 207 Å². The van der Waals surface area contributed by atoms with Gasteiger partial charge in [0.2, 0.25) is 0 Å². The lowest BCUT2D eigenvalue weighted by Crippen LogP contribution is -2.20. The lowest BCUT2D eigenvalue weighted by Gasteiger charge is -2.10. The number of nitrogens with zero attached hydrogens (tertiary/aromatic N) is 2. The molecule has 0 aliphatic heterocycles. The number of halogens is 1. The second-order valence-corrected chi connectivity index (χ2v) is 8.94. The van der Waals surface area contributed by atoms with E-state index < -0.39 is 5.97 Å². The van der Waals surface area contributed by atoms with E-state index in [4.69, 9.17) is 9.84 Å². The van der Waals surface area contributed by atoms with Gasteiger partial charge in [-0.05, 0) is 80.0 Å². The predicted octanol–water partition coefficient (Wildman–Crippen LogP) is 3.91. The molecule has 0 amide bonds. The predicted molar refractivity (Wildman–Crippen MR) is 133 cm³/mol. The Balaban J connectivity index is 1.87. The number of carboxylic acid groups (broad SMARTS) is 1. The third-order valence-corrected chi connectivity index (χ3v) is 6.51. The summed E-state index contributed by atoms with van der Waals surface area (Å²) in [6.45, 7) is 4.41. The first kappa shape index (κ1) is 25.2. The summed E-state index contributed by atoms with van der Waals surface area (Å²) >= 11 is 0. The molecule has 0 unspecified atom stereocenters. The zero-order chi connectivity index (χ0) is 25.8. The van der Waals surface area contributed by atoms with Crippen LogP contribution in [-0.2, 0) is 38.5 Å². The lowest BCUT2D eigenvalue weighted by molar-refractivity contribution is -0.143. The van der Waals surface area contributed by atoms with Crippen LogP contribution in [0.3, 0.4) is 0 Å². The fourth-order valence-electron chi connectivity index (χ4n) is 4.99. The first-order chi connectivity index (χ1) is 17.3. The Kier molecular flexibility index (Phi) is 7.55. The zero-order valence-electron chi connectivity index (χ0n) is 20.5. The van der Waals surface area contributed by atoms with Crippen LogP contribution < -0.4 is 5.35 Å². The molecule has 0 aliphatic carbocycles. The Bertz CT molecular complexity index is 1490. The molecule has 0 saturated carbocycles. The van der Waals surface area contributed by atoms with Crippen LogP contribution in [0, 0.1) is 12.7 Å². The molecule has 0 bridgehead atoms. The van der Waals surface area contributed by atoms with Crippen LogP contribution in [0.15, 0.2) is 36.4 Å². The molecule has 3 aromatic heterocycles. The van der Waals surface area contributed by atoms with Crippen molar-refractivity contribution in [3.63, 3.8) is 0 Å². The highest BCUT2D eigenvalue weighted by molar-refractivity contribution is 5.84. The average molecular weight is 493 g/mol. The maximum atomic E-state index is 13.5. The van der Waals surface area contributed by atoms with Gasteiger partial charge in [0.1, 0.15) is 11.5 Å². The normalized spacial score (nSPS) is 11.3. The van der Waals surface area contributed by atoms with Crippen LogP contribution in [-0.4, -0.2) is 38.6 Å². The molecular weight excluding hydrogens is 463 g/mol. The summed E-state index contributed by atoms with van der Waals surface area (Å²) in [4.78, 5) is 35.5. The van der Waals surface area contributed by atoms with Gasteiger partial charge in [-0.2, -0.15) is 0 Å². The molecule has 188 valence electrons. The topological polar surface area (TPSA) is 90.0 Å². The Morgan fingerprint density at radius 1 is 1.03 bits per heavy atom. The monoisotopic (exact) mass is 492 g/mol. The van der Waals surface area contributed by atoms with E-state index in [1.807, 2.05) is 23.6 Å². The summed E-state index contributed by atoms with van der Waals surface area (Å²) in [6, 6.07) is 10.2. The molecule has 8 heteroatoms. The van der Waals surface area contributed by atoms with Gasteiger partial charge in [0, 0.05) is 12.8 Å². The summed E-state index contributed by atoms with van der Waals surface area (Å²) in [7, 11) is 0. The van der Waals surface area contributed by atoms with Crippen molar-refractivity contribution in [3.05, 3.63) is 69.8 Å². The van der Waals surface area contributed by atoms with Crippen LogP contribution in [0.1, 0.15) is 54.9 Å². The summed E-state index contributed by atoms with van der Waals surface area (Å²) in [5.74, 6) is 0.682. The van der Waals surface area contributed by atoms with Crippen molar-refractivity contribution in [3.8, 4) is 0 Å². The summed E-state index contributed by atoms with van der Waals surface area (Å²) in [6.07, 6.45) is 2.36. The van der Waals surface area contributed by atoms with Gasteiger partial charge >= 0.3 is 11.9 Å². The zero-order valence-corrected chi connectivity index (χ0v) is 20.5. The third-order valence-electron chi connectivity index (χ3n) is 6.51. The number of carboxylic acids is 1. The van der Waals surface area contributed by atoms with Crippen LogP contribution in [0.5, 0.6) is 0 Å². The Morgan fingerprint density at radius 2 is 1.72 bits per heavy atom. The van der Waals surface area contributed by atoms with Crippen molar-refractivity contribution in [2.24, 2.45) is 0 Å². The molecule has 0 aliphatic rings. The van der Waals surface area contributed by atoms with Gasteiger partial charge < -0.3 is 14.4 Å². The SMILES string of the molecule is CCOC(=O)CCCc1c(CCCC(=O)O)c2ccc(C)c3n(Cc4ccc(F)cc4)c(=C=O)c1n23. The smallest absolute Gasteiger partial charge is 0.305 e. The van der Waals surface area contributed by atoms with E-state index in [0.29, 0.717) is 44.2 Å². The number of carbonyl (C=O) groups excluding carboxylic acids is 2. The van der Waals surface area contributed by atoms with Crippen LogP contribution in [0.2, 0.25) is 0 Å². The van der Waals surface area contributed by atoms with E-state index in [9.17, 15) is 18.8 Å². The molecule has 0 atom stereocenters. The van der Waals surface area contributed by atoms with Crippen LogP contribution >= 0.6 is 0 Å². The Morgan fingerprint density at radius 3 is 2.39 bits per heavy atom. The maximum absolute atomic E-state index is 13.5. The number of pyridine rings is 1. The summed E-state index contributed by atoms with van der Waals surface area (Å²) in [5, 5.41) is 9.54. The highest BCUT2D eigenvalue weighted by atomic mass is 19.1. The van der Waals surface area contributed by atoms with E-state index >= 15 is 0 Å². The number of carbonyl (C=O) groups is 2. The number of ether oxygens (including phenoxy) is 1. The molecular formula is C28H29FN2O5. The van der Waals surface area contributed by atoms with Gasteiger partial charge in [0.05, 0.1) is 24.2 Å². The van der Waals surface area contributed by atoms with Gasteiger partial charge in [0.15, 0.2) is 11.3 Å². The number of benzene rings is 1. The fraction of sp³-hybridized carbons (Fsp3) is 0.357. The second-order valence-electron chi connectivity index (χ2n) is 8.94. The van der Waals surface area contributed by atoms with Crippen molar-refractivity contribution in [2.45, 2.75) is 58.9 Å². The third kappa shape index (κ3) is 4.90. The number of aromatic nitrogens is 2. The van der Waals surface area contributed by atoms with Crippen molar-refractivity contribution < 1.29 is 28.6 Å². The number of esters is 1. The molecule has 4 aromatic rings. The molecule has 0 fully saturated rings. The van der Waals surface area contributed by atoms with Crippen molar-refractivity contribution in [1.29, 1.82) is 0 Å². The maximum Gasteiger partial charge on any atom is 0.305 e. The minimum absolute atomic E-state index is 0.0424. The quantitative estimate of drug-likeness (QED) is 0.321. The molecule has 3 heterocycles. The van der Waals surface area contributed by atoms with Gasteiger partial charge in [-0.3, -0.25) is 14.0 Å². The van der Waals surface area contributed by atoms with Crippen LogP contribution in [0.4, 0.5) is 4.39 Å². The molecule has 0 saturated heterocycles. The number of rotatable bonds is 11. The molecule has 0 spiro atoms. The standard InChI is InChI=1S/C28H29FN2O5/c1-3-36-26(35)9-5-7-22-21(6-4-8-25(33)34)23-15-10-18(2)28-30(24(17-32)27(22)31(23)28)16-19-11-13-20(29)14-12-19/h10-15H,3-9,16H2,1-2H3,(H,33,34). The van der Waals surface area contributed by atoms with Gasteiger partial charge in [-0.15, -0.1) is 0 Å². The van der Waals surface area contributed by atoms with E-state index in [1.54, 1.807) is 19.1 Å². The van der Waals surface area contributed by atoms with Crippen LogP contribution in [0.25, 0.3) is 16.7 Å². The van der Waals surface area contributed by atoms with E-state index in [1.165, 1.54) is 12.1 Å². The van der Waals surface area contributed by atoms with E-state index in [0.717, 1.165) is 38.9 Å². The van der Waals surface area contributed by atoms with Gasteiger partial charge in [-0.25, -0.2) is 9.18 Å². The van der Waals surface area contributed by atoms with Crippen molar-refractivity contribution >= 4 is 34.6 Å². The largest absolute Gasteiger partial charge is 0.481 e. The number of hydrogen-bond donors (Lipinski definition) is 1. The first-order valence-corrected chi connectivity index (χ1v) is 12.2. The fourth-order valence-corrected chi connectivity index (χ4v) is 4.99. The lowest BCUT2D eigenvalue weighted by atomic mass is 9.99. The number of aliphatic carboxylic acids is 1. The van der Waals surface area contributed by atoms with Gasteiger partial charge in [-0.1, -0.05) is 18.2 Å². The number of imidazole rings is 1. The molecule has 0 radical (unpaired) electrons. The average Bonchev–Trinajstić information content (AvgIpc) is 3.32. The highest BCUT2D eigenvalue weighted by Gasteiger charge is 2.24. The highest BCUT2D eigenvalue weighted by Crippen LogP contribution is 2.31. The molecule has 1 aromatic carbocycles. The number of aryl methyl sites for hydroxylation is 3. The number of hydrogen-bond acceptors (Lipinski definition) is 4. The Hall–Kier alpha value is -3.90. The minimum Gasteiger partial charge on any atom is -0.481 e. The molecule has 7 nitrogen and oxygen atoms in total. The van der Waals surface area contributed by atoms with Crippen molar-refractivity contribution in [1.82, 2.24) is 8.97 Å². The molecule has 36 heavy (non-hydrogen) atoms.